The number of carbonyl (C=O) groups is 4. The Labute approximate surface area is 175 Å². The van der Waals surface area contributed by atoms with Gasteiger partial charge in [0.05, 0.1) is 13.7 Å². The lowest BCUT2D eigenvalue weighted by Gasteiger charge is -2.29. The first-order chi connectivity index (χ1) is 14.1. The molecule has 1 aromatic carbocycles. The van der Waals surface area contributed by atoms with Crippen LogP contribution in [0.25, 0.3) is 0 Å². The van der Waals surface area contributed by atoms with Crippen molar-refractivity contribution >= 4 is 23.8 Å². The number of nitrogens with zero attached hydrogens (tertiary/aromatic N) is 1. The molecule has 1 fully saturated rings. The number of carbonyl (C=O) groups excluding carboxylic acids is 4. The van der Waals surface area contributed by atoms with Gasteiger partial charge >= 0.3 is 18.0 Å². The summed E-state index contributed by atoms with van der Waals surface area (Å²) in [5.74, 6) is -2.12. The molecule has 0 spiro atoms. The van der Waals surface area contributed by atoms with E-state index in [1.807, 2.05) is 0 Å². The Morgan fingerprint density at radius 2 is 1.73 bits per heavy atom. The van der Waals surface area contributed by atoms with Crippen LogP contribution < -0.4 is 0 Å². The molecule has 0 aromatic heterocycles. The number of ketones is 1. The number of likely N-dealkylation sites (tertiary alicyclic amines) is 1. The number of hydrogen-bond donors (Lipinski definition) is 0. The van der Waals surface area contributed by atoms with Gasteiger partial charge in [-0.25, -0.2) is 14.4 Å². The number of esters is 2. The normalized spacial score (nSPS) is 17.9. The zero-order valence-corrected chi connectivity index (χ0v) is 17.9. The van der Waals surface area contributed by atoms with Crippen LogP contribution in [0.3, 0.4) is 0 Å². The van der Waals surface area contributed by atoms with E-state index in [0.717, 1.165) is 4.90 Å². The average molecular weight is 417 g/mol. The van der Waals surface area contributed by atoms with Crippen molar-refractivity contribution in [2.75, 3.05) is 13.7 Å². The summed E-state index contributed by atoms with van der Waals surface area (Å²) in [7, 11) is 1.21. The number of hydrogen-bond acceptors (Lipinski definition) is 7. The van der Waals surface area contributed by atoms with Gasteiger partial charge in [0.2, 0.25) is 5.78 Å². The van der Waals surface area contributed by atoms with E-state index in [0.29, 0.717) is 0 Å². The van der Waals surface area contributed by atoms with Crippen molar-refractivity contribution < 1.29 is 33.4 Å². The highest BCUT2D eigenvalue weighted by atomic mass is 16.6. The second kappa shape index (κ2) is 9.56. The van der Waals surface area contributed by atoms with Crippen LogP contribution in [0, 0.1) is 0 Å². The van der Waals surface area contributed by atoms with Gasteiger partial charge in [0.1, 0.15) is 17.2 Å². The zero-order chi connectivity index (χ0) is 22.5. The molecule has 1 aliphatic rings. The topological polar surface area (TPSA) is 99.2 Å². The van der Waals surface area contributed by atoms with Gasteiger partial charge in [-0.3, -0.25) is 9.69 Å². The van der Waals surface area contributed by atoms with Crippen molar-refractivity contribution in [2.24, 2.45) is 0 Å². The van der Waals surface area contributed by atoms with Crippen LogP contribution in [0.2, 0.25) is 0 Å². The summed E-state index contributed by atoms with van der Waals surface area (Å²) in [6.07, 6.45) is -0.522. The van der Waals surface area contributed by atoms with Crippen LogP contribution in [0.4, 0.5) is 4.79 Å². The molecule has 1 heterocycles. The second-order valence-electron chi connectivity index (χ2n) is 7.67. The molecule has 162 valence electrons. The first-order valence-corrected chi connectivity index (χ1v) is 9.70. The lowest BCUT2D eigenvalue weighted by molar-refractivity contribution is -0.145. The molecular formula is C22H27NO7. The molecule has 0 unspecified atom stereocenters. The number of methoxy groups -OCH3 is 1. The quantitative estimate of drug-likeness (QED) is 0.181. The Balaban J connectivity index is 2.63. The van der Waals surface area contributed by atoms with Crippen molar-refractivity contribution in [3.05, 3.63) is 47.2 Å². The molecule has 1 amide bonds. The van der Waals surface area contributed by atoms with Gasteiger partial charge in [-0.1, -0.05) is 30.3 Å². The molecule has 2 rings (SSSR count). The fourth-order valence-electron chi connectivity index (χ4n) is 3.14. The van der Waals surface area contributed by atoms with E-state index in [1.54, 1.807) is 58.0 Å². The fourth-order valence-corrected chi connectivity index (χ4v) is 3.14. The van der Waals surface area contributed by atoms with Gasteiger partial charge in [0.15, 0.2) is 0 Å². The van der Waals surface area contributed by atoms with Gasteiger partial charge in [-0.15, -0.1) is 0 Å². The highest BCUT2D eigenvalue weighted by molar-refractivity contribution is 6.25. The van der Waals surface area contributed by atoms with Crippen LogP contribution >= 0.6 is 0 Å². The summed E-state index contributed by atoms with van der Waals surface area (Å²) in [5.41, 5.74) is -0.787. The molecular weight excluding hydrogens is 390 g/mol. The summed E-state index contributed by atoms with van der Waals surface area (Å²) < 4.78 is 15.3. The van der Waals surface area contributed by atoms with E-state index in [9.17, 15) is 19.2 Å². The number of benzene rings is 1. The molecule has 0 N–H and O–H groups in total. The van der Waals surface area contributed by atoms with Crippen LogP contribution in [0.15, 0.2) is 41.6 Å². The molecule has 1 aromatic rings. The lowest BCUT2D eigenvalue weighted by Crippen LogP contribution is -2.44. The van der Waals surface area contributed by atoms with E-state index in [1.165, 1.54) is 7.11 Å². The lowest BCUT2D eigenvalue weighted by atomic mass is 10.0. The Kier molecular flexibility index (Phi) is 7.37. The average Bonchev–Trinajstić information content (AvgIpc) is 3.12. The van der Waals surface area contributed by atoms with Crippen molar-refractivity contribution in [3.8, 4) is 0 Å². The highest BCUT2D eigenvalue weighted by Gasteiger charge is 2.44. The Morgan fingerprint density at radius 1 is 1.10 bits per heavy atom. The predicted octanol–water partition coefficient (Wildman–Crippen LogP) is 3.26. The van der Waals surface area contributed by atoms with Crippen LogP contribution in [-0.2, 0) is 23.8 Å². The minimum Gasteiger partial charge on any atom is -0.467 e. The Morgan fingerprint density at radius 3 is 2.27 bits per heavy atom. The minimum absolute atomic E-state index is 0.0462. The molecule has 0 bridgehead atoms. The molecule has 30 heavy (non-hydrogen) atoms. The first kappa shape index (κ1) is 23.1. The first-order valence-electron chi connectivity index (χ1n) is 9.70. The third-order valence-electron chi connectivity index (χ3n) is 4.35. The van der Waals surface area contributed by atoms with E-state index < -0.39 is 35.5 Å². The molecule has 0 saturated carbocycles. The van der Waals surface area contributed by atoms with Crippen molar-refractivity contribution in [2.45, 2.75) is 52.2 Å². The molecule has 1 saturated heterocycles. The summed E-state index contributed by atoms with van der Waals surface area (Å²) in [6, 6.07) is 7.19. The number of rotatable bonds is 5. The van der Waals surface area contributed by atoms with E-state index in [4.69, 9.17) is 14.2 Å². The number of ether oxygens (including phenoxy) is 3. The van der Waals surface area contributed by atoms with Crippen LogP contribution in [0.1, 0.15) is 50.9 Å². The number of amides is 1. The highest BCUT2D eigenvalue weighted by Crippen LogP contribution is 2.34. The fraction of sp³-hybridized carbons (Fsp3) is 0.455. The maximum Gasteiger partial charge on any atom is 0.415 e. The van der Waals surface area contributed by atoms with Crippen LogP contribution in [-0.4, -0.2) is 54.1 Å². The summed E-state index contributed by atoms with van der Waals surface area (Å²) in [4.78, 5) is 52.2. The predicted molar refractivity (Wildman–Crippen MR) is 108 cm³/mol. The van der Waals surface area contributed by atoms with Crippen molar-refractivity contribution in [3.63, 3.8) is 0 Å². The van der Waals surface area contributed by atoms with Gasteiger partial charge in [-0.2, -0.15) is 0 Å². The van der Waals surface area contributed by atoms with Gasteiger partial charge < -0.3 is 14.2 Å². The summed E-state index contributed by atoms with van der Waals surface area (Å²) >= 11 is 0. The molecule has 0 radical (unpaired) electrons. The molecule has 8 heteroatoms. The zero-order valence-electron chi connectivity index (χ0n) is 17.9. The van der Waals surface area contributed by atoms with E-state index in [-0.39, 0.29) is 36.3 Å². The standard InChI is InChI=1S/C22H27NO7/c1-6-29-20(26)17(18(24)14-10-8-7-9-11-14)15-12-13-16(19(25)28-5)23(15)21(27)30-22(2,3)4/h7-11,16H,6,12-13H2,1-5H3/b17-15+/t16-/m0/s1. The monoisotopic (exact) mass is 417 g/mol. The van der Waals surface area contributed by atoms with E-state index in [2.05, 4.69) is 0 Å². The van der Waals surface area contributed by atoms with Gasteiger partial charge in [0, 0.05) is 11.3 Å². The molecule has 0 aliphatic carbocycles. The van der Waals surface area contributed by atoms with Crippen molar-refractivity contribution in [1.29, 1.82) is 0 Å². The third kappa shape index (κ3) is 5.25. The van der Waals surface area contributed by atoms with Gasteiger partial charge in [0.25, 0.3) is 0 Å². The molecule has 1 atom stereocenters. The SMILES string of the molecule is CCOC(=O)/C(C(=O)c1ccccc1)=C1\CC[C@@H](C(=O)OC)N1C(=O)OC(C)(C)C. The molecule has 1 aliphatic heterocycles. The third-order valence-corrected chi connectivity index (χ3v) is 4.35. The number of allylic oxidation sites excluding steroid dienone is 1. The minimum atomic E-state index is -1.01. The largest absolute Gasteiger partial charge is 0.467 e. The van der Waals surface area contributed by atoms with Gasteiger partial charge in [-0.05, 0) is 40.5 Å². The maximum absolute atomic E-state index is 13.2. The summed E-state index contributed by atoms with van der Waals surface area (Å²) in [6.45, 7) is 6.70. The van der Waals surface area contributed by atoms with Crippen molar-refractivity contribution in [1.82, 2.24) is 4.90 Å². The Hall–Kier alpha value is -3.16. The Bertz CT molecular complexity index is 852. The maximum atomic E-state index is 13.2. The smallest absolute Gasteiger partial charge is 0.415 e. The molecule has 8 nitrogen and oxygen atoms in total. The summed E-state index contributed by atoms with van der Waals surface area (Å²) in [5, 5.41) is 0. The van der Waals surface area contributed by atoms with E-state index >= 15 is 0 Å². The van der Waals surface area contributed by atoms with Crippen LogP contribution in [0.5, 0.6) is 0 Å². The number of Topliss-reactive ketones (excluding diaryl/α,β-unsaturated/α-hetero) is 1. The second-order valence-corrected chi connectivity index (χ2v) is 7.67.